The van der Waals surface area contributed by atoms with Crippen molar-refractivity contribution in [2.24, 2.45) is 11.7 Å². The van der Waals surface area contributed by atoms with Crippen molar-refractivity contribution in [3.05, 3.63) is 12.7 Å². The summed E-state index contributed by atoms with van der Waals surface area (Å²) in [4.78, 5) is 0. The van der Waals surface area contributed by atoms with E-state index in [2.05, 4.69) is 13.5 Å². The molecule has 0 spiro atoms. The molecule has 0 amide bonds. The van der Waals surface area contributed by atoms with Gasteiger partial charge in [0, 0.05) is 0 Å². The molecule has 0 bridgehead atoms. The fourth-order valence-corrected chi connectivity index (χ4v) is 0.381. The van der Waals surface area contributed by atoms with E-state index in [1.54, 1.807) is 0 Å². The number of nitrogens with two attached hydrogens (primary N) is 1. The van der Waals surface area contributed by atoms with Crippen LogP contribution in [0.15, 0.2) is 12.7 Å². The highest BCUT2D eigenvalue weighted by atomic mass is 35.5. The Bertz CT molecular complexity index is 54.5. The monoisotopic (exact) mass is 135 g/mol. The molecule has 0 rings (SSSR count). The molecule has 1 unspecified atom stereocenters. The van der Waals surface area contributed by atoms with Gasteiger partial charge >= 0.3 is 0 Å². The van der Waals surface area contributed by atoms with Crippen molar-refractivity contribution in [3.8, 4) is 0 Å². The fourth-order valence-electron chi connectivity index (χ4n) is 0.381. The number of hydrogen-bond acceptors (Lipinski definition) is 1. The van der Waals surface area contributed by atoms with Gasteiger partial charge in [-0.2, -0.15) is 0 Å². The third-order valence-corrected chi connectivity index (χ3v) is 0.971. The van der Waals surface area contributed by atoms with Gasteiger partial charge in [-0.05, 0) is 18.9 Å². The van der Waals surface area contributed by atoms with Crippen molar-refractivity contribution >= 4 is 12.4 Å². The topological polar surface area (TPSA) is 26.0 Å². The summed E-state index contributed by atoms with van der Waals surface area (Å²) in [6.07, 6.45) is 2.94. The Labute approximate surface area is 57.4 Å². The molecule has 0 aromatic rings. The van der Waals surface area contributed by atoms with Crippen molar-refractivity contribution in [2.75, 3.05) is 6.54 Å². The van der Waals surface area contributed by atoms with Gasteiger partial charge in [-0.3, -0.25) is 0 Å². The Hall–Kier alpha value is -0.0100. The highest BCUT2D eigenvalue weighted by molar-refractivity contribution is 5.85. The lowest BCUT2D eigenvalue weighted by Gasteiger charge is -2.00. The Kier molecular flexibility index (Phi) is 9.51. The van der Waals surface area contributed by atoms with Crippen LogP contribution in [0.2, 0.25) is 0 Å². The van der Waals surface area contributed by atoms with Crippen molar-refractivity contribution in [3.63, 3.8) is 0 Å². The summed E-state index contributed by atoms with van der Waals surface area (Å²) in [5.74, 6) is 0.609. The first kappa shape index (κ1) is 10.9. The molecule has 0 radical (unpaired) electrons. The highest BCUT2D eigenvalue weighted by Crippen LogP contribution is 1.96. The second-order valence-corrected chi connectivity index (χ2v) is 1.87. The number of rotatable bonds is 3. The van der Waals surface area contributed by atoms with E-state index in [1.807, 2.05) is 6.08 Å². The van der Waals surface area contributed by atoms with Gasteiger partial charge in [0.25, 0.3) is 0 Å². The van der Waals surface area contributed by atoms with Gasteiger partial charge in [0.15, 0.2) is 0 Å². The van der Waals surface area contributed by atoms with Crippen LogP contribution in [-0.4, -0.2) is 6.54 Å². The lowest BCUT2D eigenvalue weighted by atomic mass is 10.1. The molecule has 1 nitrogen and oxygen atoms in total. The fraction of sp³-hybridized carbons (Fsp3) is 0.667. The van der Waals surface area contributed by atoms with Crippen LogP contribution in [0, 0.1) is 5.92 Å². The van der Waals surface area contributed by atoms with E-state index in [9.17, 15) is 0 Å². The predicted octanol–water partition coefficient (Wildman–Crippen LogP) is 1.58. The minimum atomic E-state index is 0. The quantitative estimate of drug-likeness (QED) is 0.585. The molecular formula is C6H14ClN. The SMILES string of the molecule is C=CCC(C)CN.Cl. The van der Waals surface area contributed by atoms with Crippen LogP contribution in [-0.2, 0) is 0 Å². The minimum absolute atomic E-state index is 0. The number of hydrogen-bond donors (Lipinski definition) is 1. The summed E-state index contributed by atoms with van der Waals surface area (Å²) >= 11 is 0. The third kappa shape index (κ3) is 5.99. The smallest absolute Gasteiger partial charge is 0.00485 e. The van der Waals surface area contributed by atoms with Gasteiger partial charge in [0.1, 0.15) is 0 Å². The van der Waals surface area contributed by atoms with Crippen LogP contribution < -0.4 is 5.73 Å². The van der Waals surface area contributed by atoms with Gasteiger partial charge < -0.3 is 5.73 Å². The summed E-state index contributed by atoms with van der Waals surface area (Å²) in [6.45, 7) is 6.48. The average Bonchev–Trinajstić information content (AvgIpc) is 1.68. The number of halogens is 1. The molecule has 0 fully saturated rings. The second-order valence-electron chi connectivity index (χ2n) is 1.87. The summed E-state index contributed by atoms with van der Waals surface area (Å²) in [7, 11) is 0. The largest absolute Gasteiger partial charge is 0.330 e. The van der Waals surface area contributed by atoms with E-state index in [4.69, 9.17) is 5.73 Å². The maximum Gasteiger partial charge on any atom is -0.00485 e. The van der Waals surface area contributed by atoms with Gasteiger partial charge in [-0.25, -0.2) is 0 Å². The van der Waals surface area contributed by atoms with Gasteiger partial charge in [0.05, 0.1) is 0 Å². The lowest BCUT2D eigenvalue weighted by Crippen LogP contribution is -2.08. The molecule has 0 aliphatic heterocycles. The molecule has 0 heterocycles. The molecule has 1 atom stereocenters. The van der Waals surface area contributed by atoms with Crippen LogP contribution in [0.1, 0.15) is 13.3 Å². The molecule has 0 aliphatic rings. The second kappa shape index (κ2) is 6.99. The molecule has 0 saturated heterocycles. The molecule has 0 aromatic carbocycles. The molecule has 8 heavy (non-hydrogen) atoms. The van der Waals surface area contributed by atoms with Crippen LogP contribution in [0.25, 0.3) is 0 Å². The molecule has 2 N–H and O–H groups in total. The zero-order chi connectivity index (χ0) is 5.70. The predicted molar refractivity (Wildman–Crippen MR) is 40.3 cm³/mol. The molecule has 2 heteroatoms. The van der Waals surface area contributed by atoms with E-state index in [-0.39, 0.29) is 12.4 Å². The van der Waals surface area contributed by atoms with Crippen LogP contribution in [0.4, 0.5) is 0 Å². The lowest BCUT2D eigenvalue weighted by molar-refractivity contribution is 0.606. The van der Waals surface area contributed by atoms with Crippen LogP contribution >= 0.6 is 12.4 Å². The Morgan fingerprint density at radius 1 is 1.75 bits per heavy atom. The standard InChI is InChI=1S/C6H13N.ClH/c1-3-4-6(2)5-7;/h3,6H,1,4-5,7H2,2H3;1H. The maximum atomic E-state index is 5.31. The van der Waals surface area contributed by atoms with Crippen molar-refractivity contribution < 1.29 is 0 Å². The third-order valence-electron chi connectivity index (χ3n) is 0.971. The summed E-state index contributed by atoms with van der Waals surface area (Å²) in [5.41, 5.74) is 5.31. The first-order chi connectivity index (χ1) is 3.31. The van der Waals surface area contributed by atoms with Crippen LogP contribution in [0.5, 0.6) is 0 Å². The molecule has 0 aromatic heterocycles. The molecule has 0 aliphatic carbocycles. The van der Waals surface area contributed by atoms with E-state index in [0.29, 0.717) is 5.92 Å². The van der Waals surface area contributed by atoms with Crippen molar-refractivity contribution in [2.45, 2.75) is 13.3 Å². The zero-order valence-corrected chi connectivity index (χ0v) is 6.08. The van der Waals surface area contributed by atoms with Crippen LogP contribution in [0.3, 0.4) is 0 Å². The van der Waals surface area contributed by atoms with Crippen molar-refractivity contribution in [1.29, 1.82) is 0 Å². The Morgan fingerprint density at radius 3 is 2.38 bits per heavy atom. The maximum absolute atomic E-state index is 5.31. The van der Waals surface area contributed by atoms with Gasteiger partial charge in [-0.1, -0.05) is 13.0 Å². The summed E-state index contributed by atoms with van der Waals surface area (Å²) < 4.78 is 0. The number of allylic oxidation sites excluding steroid dienone is 1. The van der Waals surface area contributed by atoms with E-state index < -0.39 is 0 Å². The highest BCUT2D eigenvalue weighted by Gasteiger charge is 1.90. The van der Waals surface area contributed by atoms with E-state index >= 15 is 0 Å². The van der Waals surface area contributed by atoms with E-state index in [0.717, 1.165) is 13.0 Å². The molecule has 0 saturated carbocycles. The van der Waals surface area contributed by atoms with Crippen molar-refractivity contribution in [1.82, 2.24) is 0 Å². The average molecular weight is 136 g/mol. The van der Waals surface area contributed by atoms with Gasteiger partial charge in [0.2, 0.25) is 0 Å². The Balaban J connectivity index is 0. The normalized spacial score (nSPS) is 11.8. The molecular weight excluding hydrogens is 122 g/mol. The summed E-state index contributed by atoms with van der Waals surface area (Å²) in [6, 6.07) is 0. The van der Waals surface area contributed by atoms with E-state index in [1.165, 1.54) is 0 Å². The molecule has 50 valence electrons. The first-order valence-electron chi connectivity index (χ1n) is 2.62. The zero-order valence-electron chi connectivity index (χ0n) is 5.26. The minimum Gasteiger partial charge on any atom is -0.330 e. The summed E-state index contributed by atoms with van der Waals surface area (Å²) in [5, 5.41) is 0. The van der Waals surface area contributed by atoms with Gasteiger partial charge in [-0.15, -0.1) is 19.0 Å². The first-order valence-corrected chi connectivity index (χ1v) is 2.62. The Morgan fingerprint density at radius 2 is 2.25 bits per heavy atom.